The van der Waals surface area contributed by atoms with Crippen molar-refractivity contribution in [1.82, 2.24) is 10.2 Å². The molecular formula is C14H15ClN2O. The lowest BCUT2D eigenvalue weighted by Crippen LogP contribution is -1.97. The molecule has 2 rings (SSSR count). The molecule has 0 atom stereocenters. The standard InChI is InChI=1S/C14H15ClN2O/c1-4-11-6-5-7-12(8-11)18-14-10(3)9(2)13(15)16-17-14/h5-8H,4H2,1-3H3. The Bertz CT molecular complexity index is 570. The van der Waals surface area contributed by atoms with Gasteiger partial charge in [-0.15, -0.1) is 10.2 Å². The van der Waals surface area contributed by atoms with Crippen LogP contribution >= 0.6 is 11.6 Å². The first kappa shape index (κ1) is 12.8. The van der Waals surface area contributed by atoms with Crippen LogP contribution in [0.5, 0.6) is 11.6 Å². The van der Waals surface area contributed by atoms with E-state index in [0.29, 0.717) is 11.0 Å². The molecule has 18 heavy (non-hydrogen) atoms. The molecule has 0 fully saturated rings. The minimum Gasteiger partial charge on any atom is -0.437 e. The highest BCUT2D eigenvalue weighted by Crippen LogP contribution is 2.27. The summed E-state index contributed by atoms with van der Waals surface area (Å²) in [6, 6.07) is 7.95. The third-order valence-electron chi connectivity index (χ3n) is 2.94. The van der Waals surface area contributed by atoms with Crippen molar-refractivity contribution >= 4 is 11.6 Å². The number of nitrogens with zero attached hydrogens (tertiary/aromatic N) is 2. The van der Waals surface area contributed by atoms with Crippen LogP contribution in [0.2, 0.25) is 5.15 Å². The maximum Gasteiger partial charge on any atom is 0.242 e. The van der Waals surface area contributed by atoms with Crippen LogP contribution in [0.3, 0.4) is 0 Å². The summed E-state index contributed by atoms with van der Waals surface area (Å²) in [6.07, 6.45) is 0.974. The molecule has 2 aromatic rings. The molecule has 0 saturated carbocycles. The van der Waals surface area contributed by atoms with Crippen molar-refractivity contribution in [3.05, 3.63) is 46.1 Å². The Hall–Kier alpha value is -1.61. The molecule has 0 bridgehead atoms. The maximum absolute atomic E-state index is 5.91. The molecule has 0 aliphatic heterocycles. The van der Waals surface area contributed by atoms with E-state index in [-0.39, 0.29) is 0 Å². The van der Waals surface area contributed by atoms with Crippen molar-refractivity contribution in [3.8, 4) is 11.6 Å². The summed E-state index contributed by atoms with van der Waals surface area (Å²) in [5.74, 6) is 1.28. The molecule has 1 heterocycles. The second-order valence-electron chi connectivity index (χ2n) is 4.15. The molecular weight excluding hydrogens is 248 g/mol. The smallest absolute Gasteiger partial charge is 0.242 e. The molecule has 0 amide bonds. The van der Waals surface area contributed by atoms with Gasteiger partial charge in [-0.3, -0.25) is 0 Å². The average molecular weight is 263 g/mol. The molecule has 0 unspecified atom stereocenters. The van der Waals surface area contributed by atoms with Crippen LogP contribution in [-0.2, 0) is 6.42 Å². The topological polar surface area (TPSA) is 35.0 Å². The molecule has 0 spiro atoms. The van der Waals surface area contributed by atoms with Crippen LogP contribution in [0.1, 0.15) is 23.6 Å². The number of rotatable bonds is 3. The van der Waals surface area contributed by atoms with Gasteiger partial charge in [0.15, 0.2) is 5.15 Å². The largest absolute Gasteiger partial charge is 0.437 e. The zero-order chi connectivity index (χ0) is 13.1. The summed E-state index contributed by atoms with van der Waals surface area (Å²) in [6.45, 7) is 5.94. The maximum atomic E-state index is 5.91. The lowest BCUT2D eigenvalue weighted by molar-refractivity contribution is 0.450. The predicted molar refractivity (Wildman–Crippen MR) is 72.4 cm³/mol. The quantitative estimate of drug-likeness (QED) is 0.835. The summed E-state index contributed by atoms with van der Waals surface area (Å²) in [7, 11) is 0. The van der Waals surface area contributed by atoms with Crippen LogP contribution in [0.4, 0.5) is 0 Å². The van der Waals surface area contributed by atoms with E-state index >= 15 is 0 Å². The third-order valence-corrected chi connectivity index (χ3v) is 3.30. The predicted octanol–water partition coefficient (Wildman–Crippen LogP) is 4.10. The van der Waals surface area contributed by atoms with Gasteiger partial charge in [0.1, 0.15) is 5.75 Å². The fourth-order valence-corrected chi connectivity index (χ4v) is 1.77. The van der Waals surface area contributed by atoms with E-state index in [2.05, 4.69) is 23.2 Å². The van der Waals surface area contributed by atoms with Gasteiger partial charge in [-0.05, 0) is 43.5 Å². The number of hydrogen-bond donors (Lipinski definition) is 0. The van der Waals surface area contributed by atoms with Gasteiger partial charge < -0.3 is 4.74 Å². The van der Waals surface area contributed by atoms with E-state index in [4.69, 9.17) is 16.3 Å². The van der Waals surface area contributed by atoms with Crippen molar-refractivity contribution in [2.45, 2.75) is 27.2 Å². The summed E-state index contributed by atoms with van der Waals surface area (Å²) < 4.78 is 5.76. The number of ether oxygens (including phenoxy) is 1. The monoisotopic (exact) mass is 262 g/mol. The van der Waals surface area contributed by atoms with E-state index in [1.807, 2.05) is 32.0 Å². The zero-order valence-electron chi connectivity index (χ0n) is 10.7. The van der Waals surface area contributed by atoms with Crippen LogP contribution < -0.4 is 4.74 Å². The molecule has 0 N–H and O–H groups in total. The summed E-state index contributed by atoms with van der Waals surface area (Å²) >= 11 is 5.91. The first-order chi connectivity index (χ1) is 8.61. The Morgan fingerprint density at radius 1 is 1.17 bits per heavy atom. The fraction of sp³-hybridized carbons (Fsp3) is 0.286. The molecule has 3 nitrogen and oxygen atoms in total. The second-order valence-corrected chi connectivity index (χ2v) is 4.51. The fourth-order valence-electron chi connectivity index (χ4n) is 1.59. The van der Waals surface area contributed by atoms with Gasteiger partial charge in [0.05, 0.1) is 0 Å². The summed E-state index contributed by atoms with van der Waals surface area (Å²) in [5, 5.41) is 8.27. The minimum absolute atomic E-state index is 0.419. The van der Waals surface area contributed by atoms with E-state index in [9.17, 15) is 0 Å². The molecule has 0 saturated heterocycles. The van der Waals surface area contributed by atoms with Gasteiger partial charge >= 0.3 is 0 Å². The SMILES string of the molecule is CCc1cccc(Oc2nnc(Cl)c(C)c2C)c1. The van der Waals surface area contributed by atoms with Crippen LogP contribution in [-0.4, -0.2) is 10.2 Å². The summed E-state index contributed by atoms with van der Waals surface area (Å²) in [5.41, 5.74) is 3.04. The second kappa shape index (κ2) is 5.36. The number of aromatic nitrogens is 2. The Balaban J connectivity index is 2.31. The van der Waals surface area contributed by atoms with E-state index in [1.165, 1.54) is 5.56 Å². The van der Waals surface area contributed by atoms with E-state index < -0.39 is 0 Å². The Kier molecular flexibility index (Phi) is 3.82. The molecule has 0 aliphatic carbocycles. The van der Waals surface area contributed by atoms with Crippen molar-refractivity contribution in [3.63, 3.8) is 0 Å². The molecule has 0 aliphatic rings. The van der Waals surface area contributed by atoms with Gasteiger partial charge in [0, 0.05) is 5.56 Å². The number of benzene rings is 1. The lowest BCUT2D eigenvalue weighted by atomic mass is 10.1. The number of aryl methyl sites for hydroxylation is 1. The van der Waals surface area contributed by atoms with Gasteiger partial charge in [-0.2, -0.15) is 0 Å². The van der Waals surface area contributed by atoms with Crippen LogP contribution in [0, 0.1) is 13.8 Å². The minimum atomic E-state index is 0.419. The Labute approximate surface area is 112 Å². The van der Waals surface area contributed by atoms with Crippen molar-refractivity contribution < 1.29 is 4.74 Å². The van der Waals surface area contributed by atoms with Gasteiger partial charge in [-0.25, -0.2) is 0 Å². The summed E-state index contributed by atoms with van der Waals surface area (Å²) in [4.78, 5) is 0. The van der Waals surface area contributed by atoms with Gasteiger partial charge in [0.25, 0.3) is 0 Å². The molecule has 0 radical (unpaired) electrons. The highest BCUT2D eigenvalue weighted by Gasteiger charge is 2.10. The lowest BCUT2D eigenvalue weighted by Gasteiger charge is -2.10. The highest BCUT2D eigenvalue weighted by atomic mass is 35.5. The molecule has 1 aromatic heterocycles. The first-order valence-electron chi connectivity index (χ1n) is 5.88. The zero-order valence-corrected chi connectivity index (χ0v) is 11.5. The highest BCUT2D eigenvalue weighted by molar-refractivity contribution is 6.30. The van der Waals surface area contributed by atoms with Crippen molar-refractivity contribution in [2.24, 2.45) is 0 Å². The average Bonchev–Trinajstić information content (AvgIpc) is 2.40. The number of hydrogen-bond acceptors (Lipinski definition) is 3. The Morgan fingerprint density at radius 3 is 2.67 bits per heavy atom. The van der Waals surface area contributed by atoms with Crippen LogP contribution in [0.15, 0.2) is 24.3 Å². The molecule has 1 aromatic carbocycles. The number of halogens is 1. The third kappa shape index (κ3) is 2.62. The van der Waals surface area contributed by atoms with Crippen LogP contribution in [0.25, 0.3) is 0 Å². The van der Waals surface area contributed by atoms with E-state index in [1.54, 1.807) is 0 Å². The molecule has 94 valence electrons. The first-order valence-corrected chi connectivity index (χ1v) is 6.25. The van der Waals surface area contributed by atoms with E-state index in [0.717, 1.165) is 23.3 Å². The molecule has 4 heteroatoms. The van der Waals surface area contributed by atoms with Crippen molar-refractivity contribution in [2.75, 3.05) is 0 Å². The van der Waals surface area contributed by atoms with Gasteiger partial charge in [-0.1, -0.05) is 30.7 Å². The normalized spacial score (nSPS) is 10.4. The Morgan fingerprint density at radius 2 is 1.94 bits per heavy atom. The van der Waals surface area contributed by atoms with Crippen molar-refractivity contribution in [1.29, 1.82) is 0 Å². The van der Waals surface area contributed by atoms with Gasteiger partial charge in [0.2, 0.25) is 5.88 Å².